The third-order valence-corrected chi connectivity index (χ3v) is 4.45. The smallest absolute Gasteiger partial charge is 0.250 e. The summed E-state index contributed by atoms with van der Waals surface area (Å²) in [5.74, 6) is -0.445. The molecule has 21 heavy (non-hydrogen) atoms. The molecule has 0 atom stereocenters. The van der Waals surface area contributed by atoms with Gasteiger partial charge in [-0.3, -0.25) is 4.79 Å². The van der Waals surface area contributed by atoms with E-state index in [1.54, 1.807) is 29.5 Å². The maximum absolute atomic E-state index is 11.6. The number of carbonyl (C=O) groups is 1. The quantitative estimate of drug-likeness (QED) is 0.830. The number of nitrogens with zero attached hydrogens (tertiary/aromatic N) is 3. The van der Waals surface area contributed by atoms with Crippen LogP contribution >= 0.6 is 11.3 Å². The molecule has 1 aromatic carbocycles. The molecule has 4 N–H and O–H groups in total. The highest BCUT2D eigenvalue weighted by molar-refractivity contribution is 7.13. The van der Waals surface area contributed by atoms with E-state index < -0.39 is 5.91 Å². The first-order valence-electron chi connectivity index (χ1n) is 6.74. The lowest BCUT2D eigenvalue weighted by Gasteiger charge is -2.37. The number of carbonyl (C=O) groups excluding carboxylic acids is 1. The molecule has 2 aromatic rings. The summed E-state index contributed by atoms with van der Waals surface area (Å²) in [6.07, 6.45) is 1.81. The number of thiazole rings is 1. The third kappa shape index (κ3) is 2.64. The van der Waals surface area contributed by atoms with E-state index in [9.17, 15) is 4.79 Å². The highest BCUT2D eigenvalue weighted by Crippen LogP contribution is 2.29. The molecule has 1 saturated heterocycles. The van der Waals surface area contributed by atoms with Crippen LogP contribution in [0.25, 0.3) is 0 Å². The second-order valence-electron chi connectivity index (χ2n) is 4.90. The number of nitrogens with two attached hydrogens (primary N) is 2. The molecule has 1 aliphatic rings. The maximum atomic E-state index is 11.6. The lowest BCUT2D eigenvalue weighted by atomic mass is 10.1. The topological polar surface area (TPSA) is 88.5 Å². The number of amides is 1. The SMILES string of the molecule is NC(=O)c1cccc(N)c1N1CCN(c2nccs2)CC1. The first kappa shape index (κ1) is 13.7. The Morgan fingerprint density at radius 2 is 1.90 bits per heavy atom. The van der Waals surface area contributed by atoms with Gasteiger partial charge in [0.1, 0.15) is 0 Å². The first-order valence-corrected chi connectivity index (χ1v) is 7.62. The molecule has 1 aliphatic heterocycles. The summed E-state index contributed by atoms with van der Waals surface area (Å²) < 4.78 is 0. The van der Waals surface area contributed by atoms with Gasteiger partial charge in [-0.25, -0.2) is 4.98 Å². The fourth-order valence-electron chi connectivity index (χ4n) is 2.61. The van der Waals surface area contributed by atoms with Gasteiger partial charge in [0, 0.05) is 37.8 Å². The summed E-state index contributed by atoms with van der Waals surface area (Å²) >= 11 is 1.64. The van der Waals surface area contributed by atoms with Crippen molar-refractivity contribution in [2.45, 2.75) is 0 Å². The van der Waals surface area contributed by atoms with Crippen LogP contribution in [0.4, 0.5) is 16.5 Å². The van der Waals surface area contributed by atoms with Crippen LogP contribution in [-0.2, 0) is 0 Å². The monoisotopic (exact) mass is 303 g/mol. The molecule has 1 fully saturated rings. The number of rotatable bonds is 3. The Morgan fingerprint density at radius 3 is 2.52 bits per heavy atom. The molecular formula is C14H17N5OS. The molecule has 1 amide bonds. The lowest BCUT2D eigenvalue weighted by Crippen LogP contribution is -2.47. The average molecular weight is 303 g/mol. The molecule has 6 nitrogen and oxygen atoms in total. The van der Waals surface area contributed by atoms with Gasteiger partial charge in [0.15, 0.2) is 5.13 Å². The zero-order valence-electron chi connectivity index (χ0n) is 11.5. The summed E-state index contributed by atoms with van der Waals surface area (Å²) in [4.78, 5) is 20.3. The van der Waals surface area contributed by atoms with Crippen molar-refractivity contribution >= 4 is 33.8 Å². The van der Waals surface area contributed by atoms with Crippen LogP contribution in [0.2, 0.25) is 0 Å². The minimum Gasteiger partial charge on any atom is -0.397 e. The van der Waals surface area contributed by atoms with E-state index in [0.717, 1.165) is 37.0 Å². The Balaban J connectivity index is 1.80. The standard InChI is InChI=1S/C14H17N5OS/c15-11-3-1-2-10(13(16)20)12(11)18-5-7-19(8-6-18)14-17-4-9-21-14/h1-4,9H,5-8,15H2,(H2,16,20). The number of piperazine rings is 1. The Hall–Kier alpha value is -2.28. The predicted octanol–water partition coefficient (Wildman–Crippen LogP) is 1.15. The number of primary amides is 1. The van der Waals surface area contributed by atoms with E-state index in [1.165, 1.54) is 0 Å². The average Bonchev–Trinajstić information content (AvgIpc) is 3.01. The van der Waals surface area contributed by atoms with Gasteiger partial charge in [-0.05, 0) is 12.1 Å². The Bertz CT molecular complexity index is 635. The lowest BCUT2D eigenvalue weighted by molar-refractivity contribution is 0.100. The van der Waals surface area contributed by atoms with E-state index in [-0.39, 0.29) is 0 Å². The summed E-state index contributed by atoms with van der Waals surface area (Å²) in [6, 6.07) is 5.28. The van der Waals surface area contributed by atoms with Crippen molar-refractivity contribution in [1.82, 2.24) is 4.98 Å². The largest absolute Gasteiger partial charge is 0.397 e. The highest BCUT2D eigenvalue weighted by atomic mass is 32.1. The van der Waals surface area contributed by atoms with E-state index >= 15 is 0 Å². The summed E-state index contributed by atoms with van der Waals surface area (Å²) in [5.41, 5.74) is 13.3. The van der Waals surface area contributed by atoms with Crippen LogP contribution in [0, 0.1) is 0 Å². The van der Waals surface area contributed by atoms with E-state index in [0.29, 0.717) is 11.3 Å². The number of nitrogen functional groups attached to an aromatic ring is 1. The number of anilines is 3. The minimum atomic E-state index is -0.445. The van der Waals surface area contributed by atoms with Crippen LogP contribution in [-0.4, -0.2) is 37.1 Å². The van der Waals surface area contributed by atoms with E-state index in [4.69, 9.17) is 11.5 Å². The van der Waals surface area contributed by atoms with Gasteiger partial charge >= 0.3 is 0 Å². The van der Waals surface area contributed by atoms with Gasteiger partial charge in [-0.15, -0.1) is 11.3 Å². The fourth-order valence-corrected chi connectivity index (χ4v) is 3.30. The van der Waals surface area contributed by atoms with Crippen molar-refractivity contribution in [2.24, 2.45) is 5.73 Å². The third-order valence-electron chi connectivity index (χ3n) is 3.62. The van der Waals surface area contributed by atoms with Gasteiger partial charge in [0.2, 0.25) is 0 Å². The van der Waals surface area contributed by atoms with Crippen LogP contribution in [0.5, 0.6) is 0 Å². The molecule has 0 bridgehead atoms. The van der Waals surface area contributed by atoms with Crippen LogP contribution in [0.1, 0.15) is 10.4 Å². The van der Waals surface area contributed by atoms with Gasteiger partial charge in [-0.2, -0.15) is 0 Å². The molecule has 7 heteroatoms. The van der Waals surface area contributed by atoms with E-state index in [2.05, 4.69) is 14.8 Å². The van der Waals surface area contributed by atoms with Gasteiger partial charge in [0.05, 0.1) is 16.9 Å². The zero-order chi connectivity index (χ0) is 14.8. The number of aromatic nitrogens is 1. The second-order valence-corrected chi connectivity index (χ2v) is 5.77. The molecule has 0 saturated carbocycles. The summed E-state index contributed by atoms with van der Waals surface area (Å²) in [7, 11) is 0. The predicted molar refractivity (Wildman–Crippen MR) is 85.9 cm³/mol. The summed E-state index contributed by atoms with van der Waals surface area (Å²) in [6.45, 7) is 3.27. The maximum Gasteiger partial charge on any atom is 0.250 e. The van der Waals surface area contributed by atoms with Crippen molar-refractivity contribution in [3.8, 4) is 0 Å². The highest BCUT2D eigenvalue weighted by Gasteiger charge is 2.23. The molecular weight excluding hydrogens is 286 g/mol. The molecule has 0 radical (unpaired) electrons. The van der Waals surface area contributed by atoms with Gasteiger partial charge < -0.3 is 21.3 Å². The number of benzene rings is 1. The van der Waals surface area contributed by atoms with Crippen molar-refractivity contribution < 1.29 is 4.79 Å². The zero-order valence-corrected chi connectivity index (χ0v) is 12.3. The van der Waals surface area contributed by atoms with Crippen molar-refractivity contribution in [1.29, 1.82) is 0 Å². The minimum absolute atomic E-state index is 0.445. The van der Waals surface area contributed by atoms with Crippen LogP contribution < -0.4 is 21.3 Å². The van der Waals surface area contributed by atoms with Crippen molar-refractivity contribution in [3.63, 3.8) is 0 Å². The molecule has 1 aromatic heterocycles. The van der Waals surface area contributed by atoms with Crippen molar-refractivity contribution in [2.75, 3.05) is 41.7 Å². The van der Waals surface area contributed by atoms with Gasteiger partial charge in [-0.1, -0.05) is 6.07 Å². The molecule has 0 spiro atoms. The molecule has 3 rings (SSSR count). The fraction of sp³-hybridized carbons (Fsp3) is 0.286. The number of hydrogen-bond donors (Lipinski definition) is 2. The first-order chi connectivity index (χ1) is 10.2. The second kappa shape index (κ2) is 5.61. The normalized spacial score (nSPS) is 15.2. The molecule has 0 unspecified atom stereocenters. The molecule has 2 heterocycles. The molecule has 110 valence electrons. The molecule has 0 aliphatic carbocycles. The van der Waals surface area contributed by atoms with Crippen molar-refractivity contribution in [3.05, 3.63) is 35.3 Å². The Kier molecular flexibility index (Phi) is 3.66. The van der Waals surface area contributed by atoms with Gasteiger partial charge in [0.25, 0.3) is 5.91 Å². The van der Waals surface area contributed by atoms with E-state index in [1.807, 2.05) is 11.6 Å². The number of para-hydroxylation sites is 1. The Morgan fingerprint density at radius 1 is 1.19 bits per heavy atom. The summed E-state index contributed by atoms with van der Waals surface area (Å²) in [5, 5.41) is 3.01. The van der Waals surface area contributed by atoms with Crippen LogP contribution in [0.15, 0.2) is 29.8 Å². The number of hydrogen-bond acceptors (Lipinski definition) is 6. The van der Waals surface area contributed by atoms with Crippen LogP contribution in [0.3, 0.4) is 0 Å². The Labute approximate surface area is 127 Å².